The molecule has 0 aliphatic carbocycles. The van der Waals surface area contributed by atoms with Crippen LogP contribution < -0.4 is 0 Å². The molecule has 3 aromatic carbocycles. The zero-order valence-corrected chi connectivity index (χ0v) is 14.7. The minimum atomic E-state index is -0.312. The summed E-state index contributed by atoms with van der Waals surface area (Å²) in [5, 5.41) is 0.417. The number of hydrogen-bond donors (Lipinski definition) is 0. The Kier molecular flexibility index (Phi) is 4.55. The van der Waals surface area contributed by atoms with Crippen molar-refractivity contribution in [3.63, 3.8) is 0 Å². The van der Waals surface area contributed by atoms with Crippen molar-refractivity contribution in [3.05, 3.63) is 101 Å². The minimum absolute atomic E-state index is 0.312. The highest BCUT2D eigenvalue weighted by molar-refractivity contribution is 6.31. The van der Waals surface area contributed by atoms with Gasteiger partial charge in [0.1, 0.15) is 11.6 Å². The van der Waals surface area contributed by atoms with Crippen LogP contribution in [0.25, 0.3) is 23.2 Å². The molecule has 0 radical (unpaired) electrons. The normalized spacial score (nSPS) is 11.5. The van der Waals surface area contributed by atoms with E-state index in [1.807, 2.05) is 71.3 Å². The Balaban J connectivity index is 1.81. The molecule has 0 spiro atoms. The molecule has 0 aliphatic rings. The molecule has 128 valence electrons. The number of hydrogen-bond acceptors (Lipinski definition) is 1. The Hall–Kier alpha value is -2.91. The number of rotatable bonds is 4. The Morgan fingerprint density at radius 3 is 2.46 bits per heavy atom. The number of benzene rings is 3. The van der Waals surface area contributed by atoms with Crippen LogP contribution in [0.15, 0.2) is 72.8 Å². The summed E-state index contributed by atoms with van der Waals surface area (Å²) in [6, 6.07) is 22.6. The first-order chi connectivity index (χ1) is 12.7. The van der Waals surface area contributed by atoms with Gasteiger partial charge in [-0.15, -0.1) is 0 Å². The number of halogens is 2. The third-order valence-electron chi connectivity index (χ3n) is 4.29. The van der Waals surface area contributed by atoms with Gasteiger partial charge in [0.2, 0.25) is 0 Å². The Morgan fingerprint density at radius 2 is 1.65 bits per heavy atom. The van der Waals surface area contributed by atoms with Gasteiger partial charge >= 0.3 is 0 Å². The van der Waals surface area contributed by atoms with Crippen LogP contribution in [0.1, 0.15) is 17.0 Å². The number of para-hydroxylation sites is 2. The highest BCUT2D eigenvalue weighted by atomic mass is 35.5. The fourth-order valence-electron chi connectivity index (χ4n) is 2.96. The van der Waals surface area contributed by atoms with Gasteiger partial charge in [-0.05, 0) is 35.9 Å². The van der Waals surface area contributed by atoms with Gasteiger partial charge in [-0.2, -0.15) is 0 Å². The monoisotopic (exact) mass is 362 g/mol. The van der Waals surface area contributed by atoms with Crippen molar-refractivity contribution in [2.24, 2.45) is 0 Å². The Bertz CT molecular complexity index is 1060. The van der Waals surface area contributed by atoms with Crippen molar-refractivity contribution in [1.29, 1.82) is 0 Å². The van der Waals surface area contributed by atoms with Crippen LogP contribution >= 0.6 is 11.6 Å². The summed E-state index contributed by atoms with van der Waals surface area (Å²) in [5.41, 5.74) is 3.36. The molecule has 1 heterocycles. The van der Waals surface area contributed by atoms with Crippen molar-refractivity contribution in [3.8, 4) is 0 Å². The highest BCUT2D eigenvalue weighted by Crippen LogP contribution is 2.24. The molecule has 2 nitrogen and oxygen atoms in total. The molecule has 1 aromatic heterocycles. The van der Waals surface area contributed by atoms with Gasteiger partial charge in [-0.1, -0.05) is 66.2 Å². The van der Waals surface area contributed by atoms with E-state index in [1.54, 1.807) is 12.1 Å². The maximum atomic E-state index is 14.3. The smallest absolute Gasteiger partial charge is 0.134 e. The molecule has 0 saturated heterocycles. The van der Waals surface area contributed by atoms with Gasteiger partial charge in [-0.3, -0.25) is 0 Å². The average Bonchev–Trinajstić information content (AvgIpc) is 3.01. The van der Waals surface area contributed by atoms with E-state index in [0.29, 0.717) is 17.1 Å². The second kappa shape index (κ2) is 7.14. The van der Waals surface area contributed by atoms with E-state index < -0.39 is 0 Å². The van der Waals surface area contributed by atoms with Crippen LogP contribution in [0.3, 0.4) is 0 Å². The molecule has 0 bridgehead atoms. The predicted molar refractivity (Wildman–Crippen MR) is 106 cm³/mol. The zero-order chi connectivity index (χ0) is 17.9. The van der Waals surface area contributed by atoms with Crippen molar-refractivity contribution in [2.45, 2.75) is 6.54 Å². The largest absolute Gasteiger partial charge is 0.320 e. The summed E-state index contributed by atoms with van der Waals surface area (Å²) in [4.78, 5) is 4.69. The summed E-state index contributed by atoms with van der Waals surface area (Å²) in [6.07, 6.45) is 3.95. The van der Waals surface area contributed by atoms with Crippen molar-refractivity contribution in [2.75, 3.05) is 0 Å². The van der Waals surface area contributed by atoms with Crippen LogP contribution in [0.2, 0.25) is 5.02 Å². The van der Waals surface area contributed by atoms with Gasteiger partial charge in [0.05, 0.1) is 17.6 Å². The number of aromatic nitrogens is 2. The molecule has 0 unspecified atom stereocenters. The molecule has 0 N–H and O–H groups in total. The second-order valence-electron chi connectivity index (χ2n) is 5.99. The molecule has 4 heteroatoms. The lowest BCUT2D eigenvalue weighted by Crippen LogP contribution is -2.05. The van der Waals surface area contributed by atoms with E-state index in [4.69, 9.17) is 16.6 Å². The van der Waals surface area contributed by atoms with E-state index in [0.717, 1.165) is 22.4 Å². The summed E-state index contributed by atoms with van der Waals surface area (Å²) in [6.45, 7) is 0.320. The lowest BCUT2D eigenvalue weighted by Gasteiger charge is -2.10. The van der Waals surface area contributed by atoms with Crippen LogP contribution in [0.4, 0.5) is 4.39 Å². The van der Waals surface area contributed by atoms with Crippen molar-refractivity contribution < 1.29 is 4.39 Å². The van der Waals surface area contributed by atoms with Crippen LogP contribution in [0, 0.1) is 5.82 Å². The highest BCUT2D eigenvalue weighted by Gasteiger charge is 2.13. The van der Waals surface area contributed by atoms with E-state index in [-0.39, 0.29) is 5.82 Å². The first-order valence-corrected chi connectivity index (χ1v) is 8.71. The van der Waals surface area contributed by atoms with Crippen LogP contribution in [-0.2, 0) is 6.54 Å². The first-order valence-electron chi connectivity index (χ1n) is 8.33. The van der Waals surface area contributed by atoms with E-state index in [2.05, 4.69) is 0 Å². The molecular formula is C22H16ClFN2. The van der Waals surface area contributed by atoms with Crippen molar-refractivity contribution >= 4 is 34.8 Å². The quantitative estimate of drug-likeness (QED) is 0.432. The first kappa shape index (κ1) is 16.6. The summed E-state index contributed by atoms with van der Waals surface area (Å²) < 4.78 is 16.3. The van der Waals surface area contributed by atoms with Gasteiger partial charge in [0.25, 0.3) is 0 Å². The molecule has 26 heavy (non-hydrogen) atoms. The lowest BCUT2D eigenvalue weighted by molar-refractivity contribution is 0.601. The molecule has 4 rings (SSSR count). The molecule has 0 aliphatic heterocycles. The summed E-state index contributed by atoms with van der Waals surface area (Å²) >= 11 is 6.23. The molecule has 0 saturated carbocycles. The fraction of sp³-hybridized carbons (Fsp3) is 0.0455. The molecular weight excluding hydrogens is 347 g/mol. The third-order valence-corrected chi connectivity index (χ3v) is 4.64. The van der Waals surface area contributed by atoms with E-state index >= 15 is 0 Å². The molecule has 0 fully saturated rings. The van der Waals surface area contributed by atoms with E-state index in [9.17, 15) is 4.39 Å². The lowest BCUT2D eigenvalue weighted by atomic mass is 10.2. The number of fused-ring (bicyclic) bond motifs is 1. The fourth-order valence-corrected chi connectivity index (χ4v) is 3.19. The maximum absolute atomic E-state index is 14.3. The standard InChI is InChI=1S/C22H16ClFN2/c23-18-9-6-10-19(24)17(18)15-26-21-12-5-4-11-20(21)25-22(26)14-13-16-7-2-1-3-8-16/h1-14H,15H2/b14-13+. The van der Waals surface area contributed by atoms with Gasteiger partial charge in [-0.25, -0.2) is 9.37 Å². The third kappa shape index (κ3) is 3.26. The SMILES string of the molecule is Fc1cccc(Cl)c1Cn1c(/C=C/c2ccccc2)nc2ccccc21. The maximum Gasteiger partial charge on any atom is 0.134 e. The number of imidazole rings is 1. The summed E-state index contributed by atoms with van der Waals surface area (Å²) in [7, 11) is 0. The Labute approximate surface area is 156 Å². The van der Waals surface area contributed by atoms with Crippen LogP contribution in [-0.4, -0.2) is 9.55 Å². The predicted octanol–water partition coefficient (Wildman–Crippen LogP) is 6.05. The van der Waals surface area contributed by atoms with Gasteiger partial charge < -0.3 is 4.57 Å². The minimum Gasteiger partial charge on any atom is -0.320 e. The summed E-state index contributed by atoms with van der Waals surface area (Å²) in [5.74, 6) is 0.447. The van der Waals surface area contributed by atoms with E-state index in [1.165, 1.54) is 6.07 Å². The molecule has 0 amide bonds. The topological polar surface area (TPSA) is 17.8 Å². The van der Waals surface area contributed by atoms with Crippen molar-refractivity contribution in [1.82, 2.24) is 9.55 Å². The molecule has 4 aromatic rings. The average molecular weight is 363 g/mol. The second-order valence-corrected chi connectivity index (χ2v) is 6.40. The van der Waals surface area contributed by atoms with Crippen LogP contribution in [0.5, 0.6) is 0 Å². The van der Waals surface area contributed by atoms with Gasteiger partial charge in [0, 0.05) is 10.6 Å². The zero-order valence-electron chi connectivity index (χ0n) is 13.9. The Morgan fingerprint density at radius 1 is 0.885 bits per heavy atom. The van der Waals surface area contributed by atoms with Gasteiger partial charge in [0.15, 0.2) is 0 Å². The molecule has 0 atom stereocenters. The number of nitrogens with zero attached hydrogens (tertiary/aromatic N) is 2.